The first-order valence-corrected chi connectivity index (χ1v) is 10.7. The summed E-state index contributed by atoms with van der Waals surface area (Å²) in [5.74, 6) is -0.198. The van der Waals surface area contributed by atoms with E-state index in [0.717, 1.165) is 13.0 Å². The Kier molecular flexibility index (Phi) is 5.45. The molecule has 0 radical (unpaired) electrons. The van der Waals surface area contributed by atoms with Gasteiger partial charge in [0.25, 0.3) is 5.69 Å². The van der Waals surface area contributed by atoms with Crippen molar-refractivity contribution < 1.29 is 9.72 Å². The van der Waals surface area contributed by atoms with E-state index in [9.17, 15) is 14.9 Å². The maximum atomic E-state index is 12.7. The van der Waals surface area contributed by atoms with Crippen molar-refractivity contribution in [3.05, 3.63) is 77.6 Å². The number of anilines is 1. The molecule has 3 aromatic rings. The zero-order chi connectivity index (χ0) is 19.7. The van der Waals surface area contributed by atoms with Crippen LogP contribution in [0.1, 0.15) is 21.4 Å². The lowest BCUT2D eigenvalue weighted by molar-refractivity contribution is -0.384. The number of halogens is 1. The van der Waals surface area contributed by atoms with Crippen LogP contribution in [0.15, 0.2) is 47.2 Å². The number of carbonyl (C=O) groups excluding carboxylic acids is 1. The van der Waals surface area contributed by atoms with Crippen molar-refractivity contribution in [3.8, 4) is 0 Å². The molecular weight excluding hydrogens is 418 g/mol. The Morgan fingerprint density at radius 1 is 1.29 bits per heavy atom. The predicted octanol–water partition coefficient (Wildman–Crippen LogP) is 4.96. The molecule has 0 unspecified atom stereocenters. The first kappa shape index (κ1) is 19.1. The minimum absolute atomic E-state index is 0.0630. The van der Waals surface area contributed by atoms with Gasteiger partial charge >= 0.3 is 0 Å². The zero-order valence-electron chi connectivity index (χ0n) is 14.6. The SMILES string of the molecule is O=C(CN1CCc2sccc2[C@@H]1c1cccs1)Nc1ccc([N+](=O)[O-])cc1Cl. The van der Waals surface area contributed by atoms with E-state index < -0.39 is 4.92 Å². The standard InChI is InChI=1S/C19H16ClN3O3S2/c20-14-10-12(23(25)26)3-4-15(14)21-18(24)11-22-7-5-16-13(6-9-28-16)19(22)17-2-1-8-27-17/h1-4,6,8-10,19H,5,7,11H2,(H,21,24)/t19-/m1/s1. The van der Waals surface area contributed by atoms with Crippen LogP contribution in [0.25, 0.3) is 0 Å². The highest BCUT2D eigenvalue weighted by Crippen LogP contribution is 2.39. The molecule has 0 bridgehead atoms. The normalized spacial score (nSPS) is 16.5. The molecule has 1 aromatic carbocycles. The second-order valence-corrected chi connectivity index (χ2v) is 8.79. The number of nitrogens with zero attached hydrogens (tertiary/aromatic N) is 2. The summed E-state index contributed by atoms with van der Waals surface area (Å²) in [6.07, 6.45) is 0.917. The van der Waals surface area contributed by atoms with E-state index in [1.54, 1.807) is 22.7 Å². The maximum absolute atomic E-state index is 12.7. The minimum atomic E-state index is -0.519. The molecule has 28 heavy (non-hydrogen) atoms. The Morgan fingerprint density at radius 2 is 2.14 bits per heavy atom. The quantitative estimate of drug-likeness (QED) is 0.456. The van der Waals surface area contributed by atoms with Crippen LogP contribution in [-0.2, 0) is 11.2 Å². The molecule has 1 aliphatic heterocycles. The summed E-state index contributed by atoms with van der Waals surface area (Å²) in [6.45, 7) is 1.00. The van der Waals surface area contributed by atoms with Crippen molar-refractivity contribution in [2.75, 3.05) is 18.4 Å². The van der Waals surface area contributed by atoms with E-state index >= 15 is 0 Å². The van der Waals surface area contributed by atoms with Crippen LogP contribution in [0, 0.1) is 10.1 Å². The van der Waals surface area contributed by atoms with Gasteiger partial charge in [0.2, 0.25) is 5.91 Å². The maximum Gasteiger partial charge on any atom is 0.271 e. The Labute approximate surface area is 174 Å². The molecule has 0 saturated heterocycles. The van der Waals surface area contributed by atoms with Gasteiger partial charge in [0.15, 0.2) is 0 Å². The van der Waals surface area contributed by atoms with Gasteiger partial charge in [-0.25, -0.2) is 0 Å². The molecule has 0 aliphatic carbocycles. The minimum Gasteiger partial charge on any atom is -0.324 e. The average Bonchev–Trinajstić information content (AvgIpc) is 3.34. The number of amides is 1. The molecule has 1 N–H and O–H groups in total. The number of carbonyl (C=O) groups is 1. The van der Waals surface area contributed by atoms with Gasteiger partial charge in [-0.15, -0.1) is 22.7 Å². The van der Waals surface area contributed by atoms with E-state index in [2.05, 4.69) is 27.7 Å². The molecule has 2 aromatic heterocycles. The molecule has 4 rings (SSSR count). The second-order valence-electron chi connectivity index (χ2n) is 6.41. The topological polar surface area (TPSA) is 75.5 Å². The lowest BCUT2D eigenvalue weighted by Gasteiger charge is -2.34. The highest BCUT2D eigenvalue weighted by atomic mass is 35.5. The van der Waals surface area contributed by atoms with Crippen molar-refractivity contribution in [3.63, 3.8) is 0 Å². The molecule has 6 nitrogen and oxygen atoms in total. The second kappa shape index (κ2) is 8.00. The van der Waals surface area contributed by atoms with E-state index in [1.807, 2.05) is 11.4 Å². The number of benzene rings is 1. The van der Waals surface area contributed by atoms with Gasteiger partial charge in [0.1, 0.15) is 0 Å². The molecular formula is C19H16ClN3O3S2. The first-order valence-electron chi connectivity index (χ1n) is 8.60. The summed E-state index contributed by atoms with van der Waals surface area (Å²) in [7, 11) is 0. The van der Waals surface area contributed by atoms with Gasteiger partial charge in [0.05, 0.1) is 28.2 Å². The molecule has 3 heterocycles. The van der Waals surface area contributed by atoms with E-state index in [0.29, 0.717) is 5.69 Å². The molecule has 9 heteroatoms. The summed E-state index contributed by atoms with van der Waals surface area (Å²) in [5, 5.41) is 17.9. The van der Waals surface area contributed by atoms with Crippen molar-refractivity contribution in [2.24, 2.45) is 0 Å². The zero-order valence-corrected chi connectivity index (χ0v) is 17.0. The Bertz CT molecular complexity index is 1020. The molecule has 1 aliphatic rings. The van der Waals surface area contributed by atoms with Crippen LogP contribution >= 0.6 is 34.3 Å². The van der Waals surface area contributed by atoms with Crippen molar-refractivity contribution >= 4 is 51.6 Å². The van der Waals surface area contributed by atoms with Crippen molar-refractivity contribution in [1.82, 2.24) is 4.90 Å². The van der Waals surface area contributed by atoms with Gasteiger partial charge in [-0.1, -0.05) is 17.7 Å². The number of hydrogen-bond donors (Lipinski definition) is 1. The lowest BCUT2D eigenvalue weighted by Crippen LogP contribution is -2.40. The third-order valence-electron chi connectivity index (χ3n) is 4.66. The fraction of sp³-hybridized carbons (Fsp3) is 0.211. The highest BCUT2D eigenvalue weighted by Gasteiger charge is 2.31. The summed E-state index contributed by atoms with van der Waals surface area (Å²) >= 11 is 9.54. The fourth-order valence-corrected chi connectivity index (χ4v) is 5.41. The summed E-state index contributed by atoms with van der Waals surface area (Å²) in [4.78, 5) is 27.7. The Hall–Kier alpha value is -2.26. The molecule has 0 fully saturated rings. The van der Waals surface area contributed by atoms with E-state index in [4.69, 9.17) is 11.6 Å². The molecule has 0 spiro atoms. The van der Waals surface area contributed by atoms with Gasteiger partial charge in [0, 0.05) is 28.4 Å². The number of nitro groups is 1. The molecule has 144 valence electrons. The Morgan fingerprint density at radius 3 is 2.86 bits per heavy atom. The highest BCUT2D eigenvalue weighted by molar-refractivity contribution is 7.10. The molecule has 0 saturated carbocycles. The van der Waals surface area contributed by atoms with Gasteiger partial charge in [-0.05, 0) is 40.9 Å². The van der Waals surface area contributed by atoms with Gasteiger partial charge < -0.3 is 5.32 Å². The first-order chi connectivity index (χ1) is 13.5. The number of non-ortho nitro benzene ring substituents is 1. The fourth-order valence-electron chi connectivity index (χ4n) is 3.41. The van der Waals surface area contributed by atoms with Crippen molar-refractivity contribution in [2.45, 2.75) is 12.5 Å². The third-order valence-corrected chi connectivity index (χ3v) is 6.90. The number of thiophene rings is 2. The smallest absolute Gasteiger partial charge is 0.271 e. The lowest BCUT2D eigenvalue weighted by atomic mass is 9.98. The van der Waals surface area contributed by atoms with E-state index in [-0.39, 0.29) is 29.2 Å². The van der Waals surface area contributed by atoms with Crippen LogP contribution in [0.5, 0.6) is 0 Å². The van der Waals surface area contributed by atoms with Crippen LogP contribution in [0.3, 0.4) is 0 Å². The predicted molar refractivity (Wildman–Crippen MR) is 112 cm³/mol. The molecule has 1 amide bonds. The largest absolute Gasteiger partial charge is 0.324 e. The van der Waals surface area contributed by atoms with Gasteiger partial charge in [-0.2, -0.15) is 0 Å². The number of nitro benzene ring substituents is 1. The summed E-state index contributed by atoms with van der Waals surface area (Å²) < 4.78 is 0. The average molecular weight is 434 g/mol. The summed E-state index contributed by atoms with van der Waals surface area (Å²) in [5.41, 5.74) is 1.53. The van der Waals surface area contributed by atoms with Crippen LogP contribution in [0.4, 0.5) is 11.4 Å². The third kappa shape index (κ3) is 3.81. The monoisotopic (exact) mass is 433 g/mol. The van der Waals surface area contributed by atoms with Crippen LogP contribution in [-0.4, -0.2) is 28.8 Å². The number of nitrogens with one attached hydrogen (secondary N) is 1. The Balaban J connectivity index is 1.52. The number of fused-ring (bicyclic) bond motifs is 1. The number of hydrogen-bond acceptors (Lipinski definition) is 6. The summed E-state index contributed by atoms with van der Waals surface area (Å²) in [6, 6.07) is 10.4. The van der Waals surface area contributed by atoms with Crippen LogP contribution in [0.2, 0.25) is 5.02 Å². The van der Waals surface area contributed by atoms with E-state index in [1.165, 1.54) is 33.5 Å². The van der Waals surface area contributed by atoms with Gasteiger partial charge in [-0.3, -0.25) is 19.8 Å². The van der Waals surface area contributed by atoms with Crippen molar-refractivity contribution in [1.29, 1.82) is 0 Å². The van der Waals surface area contributed by atoms with Crippen LogP contribution < -0.4 is 5.32 Å². The molecule has 1 atom stereocenters. The number of rotatable bonds is 5.